The maximum absolute atomic E-state index is 12.7. The molecule has 1 fully saturated rings. The molecule has 4 aromatic rings. The highest BCUT2D eigenvalue weighted by atomic mass is 32.1. The van der Waals surface area contributed by atoms with E-state index >= 15 is 0 Å². The molecule has 5 rings (SSSR count). The number of rotatable bonds is 5. The minimum Gasteiger partial charge on any atom is -0.459 e. The number of nitrogens with one attached hydrogen (secondary N) is 1. The number of para-hydroxylation sites is 2. The minimum atomic E-state index is -0.168. The van der Waals surface area contributed by atoms with Gasteiger partial charge in [-0.3, -0.25) is 9.69 Å². The van der Waals surface area contributed by atoms with Gasteiger partial charge in [-0.1, -0.05) is 30.3 Å². The van der Waals surface area contributed by atoms with E-state index in [0.29, 0.717) is 6.54 Å². The summed E-state index contributed by atoms with van der Waals surface area (Å²) in [6.45, 7) is 3.27. The predicted molar refractivity (Wildman–Crippen MR) is 116 cm³/mol. The quantitative estimate of drug-likeness (QED) is 0.504. The third kappa shape index (κ3) is 3.66. The molecule has 29 heavy (non-hydrogen) atoms. The molecule has 1 amide bonds. The summed E-state index contributed by atoms with van der Waals surface area (Å²) in [6, 6.07) is 18.2. The number of carbonyl (C=O) groups excluding carboxylic acids is 1. The fourth-order valence-electron chi connectivity index (χ4n) is 4.09. The number of hydrogen-bond acceptors (Lipinski definition) is 5. The Balaban J connectivity index is 1.26. The van der Waals surface area contributed by atoms with Gasteiger partial charge in [-0.15, -0.1) is 11.3 Å². The van der Waals surface area contributed by atoms with Crippen LogP contribution in [-0.2, 0) is 4.79 Å². The molecule has 0 spiro atoms. The molecule has 1 N–H and O–H groups in total. The zero-order chi connectivity index (χ0) is 19.8. The summed E-state index contributed by atoms with van der Waals surface area (Å²) < 4.78 is 7.09. The first-order chi connectivity index (χ1) is 14.2. The highest BCUT2D eigenvalue weighted by Crippen LogP contribution is 2.36. The number of carbonyl (C=O) groups is 1. The van der Waals surface area contributed by atoms with Crippen LogP contribution in [0.5, 0.6) is 0 Å². The Morgan fingerprint density at radius 3 is 2.97 bits per heavy atom. The van der Waals surface area contributed by atoms with Crippen LogP contribution in [0.25, 0.3) is 21.2 Å². The van der Waals surface area contributed by atoms with Crippen LogP contribution in [0.4, 0.5) is 0 Å². The largest absolute Gasteiger partial charge is 0.459 e. The molecule has 1 aliphatic rings. The predicted octanol–water partition coefficient (Wildman–Crippen LogP) is 5.06. The van der Waals surface area contributed by atoms with Crippen LogP contribution in [0.2, 0.25) is 0 Å². The molecular weight excluding hydrogens is 382 g/mol. The fourth-order valence-corrected chi connectivity index (χ4v) is 5.22. The molecule has 6 heteroatoms. The van der Waals surface area contributed by atoms with E-state index < -0.39 is 0 Å². The van der Waals surface area contributed by atoms with Gasteiger partial charge in [-0.05, 0) is 50.6 Å². The summed E-state index contributed by atoms with van der Waals surface area (Å²) >= 11 is 1.74. The number of fused-ring (bicyclic) bond motifs is 2. The Kier molecular flexibility index (Phi) is 4.81. The van der Waals surface area contributed by atoms with Gasteiger partial charge >= 0.3 is 0 Å². The Morgan fingerprint density at radius 2 is 2.10 bits per heavy atom. The second kappa shape index (κ2) is 7.61. The number of aromatic nitrogens is 1. The van der Waals surface area contributed by atoms with Crippen molar-refractivity contribution in [2.75, 3.05) is 13.1 Å². The van der Waals surface area contributed by atoms with Gasteiger partial charge in [0.1, 0.15) is 16.4 Å². The zero-order valence-corrected chi connectivity index (χ0v) is 17.1. The summed E-state index contributed by atoms with van der Waals surface area (Å²) in [5.41, 5.74) is 1.89. The summed E-state index contributed by atoms with van der Waals surface area (Å²) in [7, 11) is 0. The fraction of sp³-hybridized carbons (Fsp3) is 0.304. The Morgan fingerprint density at radius 1 is 1.28 bits per heavy atom. The monoisotopic (exact) mass is 405 g/mol. The molecule has 0 unspecified atom stereocenters. The molecule has 0 radical (unpaired) electrons. The molecule has 0 aliphatic carbocycles. The number of nitrogens with zero attached hydrogens (tertiary/aromatic N) is 2. The van der Waals surface area contributed by atoms with E-state index in [-0.39, 0.29) is 18.0 Å². The third-order valence-corrected chi connectivity index (χ3v) is 6.69. The number of amides is 1. The summed E-state index contributed by atoms with van der Waals surface area (Å²) in [5, 5.41) is 5.26. The van der Waals surface area contributed by atoms with Crippen molar-refractivity contribution >= 4 is 38.4 Å². The first-order valence-electron chi connectivity index (χ1n) is 10.0. The van der Waals surface area contributed by atoms with Gasteiger partial charge in [0.25, 0.3) is 0 Å². The number of furan rings is 1. The molecule has 2 aromatic heterocycles. The minimum absolute atomic E-state index is 0.0194. The van der Waals surface area contributed by atoms with Crippen LogP contribution in [0, 0.1) is 0 Å². The van der Waals surface area contributed by atoms with Gasteiger partial charge in [-0.2, -0.15) is 0 Å². The van der Waals surface area contributed by atoms with Crippen molar-refractivity contribution in [1.82, 2.24) is 15.2 Å². The second-order valence-electron chi connectivity index (χ2n) is 7.62. The van der Waals surface area contributed by atoms with Gasteiger partial charge in [0.15, 0.2) is 0 Å². The standard InChI is InChI=1S/C23H23N3O2S/c1-15(20-13-16-7-2-4-10-19(16)28-20)24-22(27)14-26-12-6-9-18(26)23-25-17-8-3-5-11-21(17)29-23/h2-5,7-8,10-11,13,15,18H,6,9,12,14H2,1H3,(H,24,27)/t15-,18-/m1/s1. The lowest BCUT2D eigenvalue weighted by Crippen LogP contribution is -2.37. The Hall–Kier alpha value is -2.70. The molecule has 5 nitrogen and oxygen atoms in total. The van der Waals surface area contributed by atoms with Crippen LogP contribution in [0.3, 0.4) is 0 Å². The number of benzene rings is 2. The Bertz CT molecular complexity index is 1100. The smallest absolute Gasteiger partial charge is 0.234 e. The van der Waals surface area contributed by atoms with Crippen molar-refractivity contribution in [3.63, 3.8) is 0 Å². The van der Waals surface area contributed by atoms with Gasteiger partial charge < -0.3 is 9.73 Å². The lowest BCUT2D eigenvalue weighted by molar-refractivity contribution is -0.123. The van der Waals surface area contributed by atoms with E-state index in [4.69, 9.17) is 9.40 Å². The van der Waals surface area contributed by atoms with E-state index in [0.717, 1.165) is 46.6 Å². The van der Waals surface area contributed by atoms with Gasteiger partial charge in [0.05, 0.1) is 28.8 Å². The molecule has 1 aliphatic heterocycles. The topological polar surface area (TPSA) is 58.4 Å². The zero-order valence-electron chi connectivity index (χ0n) is 16.3. The molecule has 148 valence electrons. The van der Waals surface area contributed by atoms with Gasteiger partial charge in [-0.25, -0.2) is 4.98 Å². The molecular formula is C23H23N3O2S. The molecule has 0 saturated carbocycles. The van der Waals surface area contributed by atoms with Crippen molar-refractivity contribution in [2.45, 2.75) is 31.8 Å². The van der Waals surface area contributed by atoms with Crippen LogP contribution < -0.4 is 5.32 Å². The lowest BCUT2D eigenvalue weighted by atomic mass is 10.2. The van der Waals surface area contributed by atoms with Crippen molar-refractivity contribution in [2.24, 2.45) is 0 Å². The number of hydrogen-bond donors (Lipinski definition) is 1. The normalized spacial score (nSPS) is 18.4. The van der Waals surface area contributed by atoms with Crippen molar-refractivity contribution in [3.05, 3.63) is 65.4 Å². The molecule has 1 saturated heterocycles. The average Bonchev–Trinajstić information content (AvgIpc) is 3.44. The van der Waals surface area contributed by atoms with E-state index in [2.05, 4.69) is 22.3 Å². The van der Waals surface area contributed by atoms with E-state index in [1.54, 1.807) is 11.3 Å². The second-order valence-corrected chi connectivity index (χ2v) is 8.69. The van der Waals surface area contributed by atoms with Crippen LogP contribution in [0.15, 0.2) is 59.0 Å². The summed E-state index contributed by atoms with van der Waals surface area (Å²) in [6.07, 6.45) is 2.14. The SMILES string of the molecule is C[C@@H](NC(=O)CN1CCC[C@@H]1c1nc2ccccc2s1)c1cc2ccccc2o1. The molecule has 0 bridgehead atoms. The maximum atomic E-state index is 12.7. The number of thiazole rings is 1. The Labute approximate surface area is 173 Å². The molecule has 2 aromatic carbocycles. The summed E-state index contributed by atoms with van der Waals surface area (Å²) in [5.74, 6) is 0.801. The maximum Gasteiger partial charge on any atom is 0.234 e. The van der Waals surface area contributed by atoms with Gasteiger partial charge in [0.2, 0.25) is 5.91 Å². The van der Waals surface area contributed by atoms with Crippen LogP contribution >= 0.6 is 11.3 Å². The summed E-state index contributed by atoms with van der Waals surface area (Å²) in [4.78, 5) is 19.8. The van der Waals surface area contributed by atoms with Crippen molar-refractivity contribution in [3.8, 4) is 0 Å². The average molecular weight is 406 g/mol. The first-order valence-corrected chi connectivity index (χ1v) is 10.9. The van der Waals surface area contributed by atoms with E-state index in [1.165, 1.54) is 4.70 Å². The third-order valence-electron chi connectivity index (χ3n) is 5.55. The molecule has 2 atom stereocenters. The number of likely N-dealkylation sites (tertiary alicyclic amines) is 1. The molecule has 3 heterocycles. The highest BCUT2D eigenvalue weighted by molar-refractivity contribution is 7.18. The van der Waals surface area contributed by atoms with Crippen LogP contribution in [-0.4, -0.2) is 28.9 Å². The van der Waals surface area contributed by atoms with Crippen molar-refractivity contribution in [1.29, 1.82) is 0 Å². The van der Waals surface area contributed by atoms with E-state index in [9.17, 15) is 4.79 Å². The highest BCUT2D eigenvalue weighted by Gasteiger charge is 2.30. The lowest BCUT2D eigenvalue weighted by Gasteiger charge is -2.23. The van der Waals surface area contributed by atoms with Crippen molar-refractivity contribution < 1.29 is 9.21 Å². The van der Waals surface area contributed by atoms with Gasteiger partial charge in [0, 0.05) is 5.39 Å². The van der Waals surface area contributed by atoms with Crippen LogP contribution in [0.1, 0.15) is 42.6 Å². The van der Waals surface area contributed by atoms with E-state index in [1.807, 2.05) is 49.4 Å². The first kappa shape index (κ1) is 18.3.